The number of ether oxygens (including phenoxy) is 1. The normalized spacial score (nSPS) is 11.6. The minimum Gasteiger partial charge on any atom is -0.477 e. The molecule has 1 N–H and O–H groups in total. The largest absolute Gasteiger partial charge is 0.477 e. The van der Waals surface area contributed by atoms with Gasteiger partial charge in [-0.05, 0) is 40.7 Å². The number of nitrogens with zero attached hydrogens (tertiary/aromatic N) is 3. The molecule has 7 heteroatoms. The van der Waals surface area contributed by atoms with Gasteiger partial charge in [0.1, 0.15) is 11.3 Å². The molecule has 7 nitrogen and oxygen atoms in total. The lowest BCUT2D eigenvalue weighted by Crippen LogP contribution is -2.33. The third-order valence-electron chi connectivity index (χ3n) is 2.60. The summed E-state index contributed by atoms with van der Waals surface area (Å²) in [5, 5.41) is 13.4. The highest BCUT2D eigenvalue weighted by atomic mass is 16.6. The predicted octanol–water partition coefficient (Wildman–Crippen LogP) is 2.53. The molecule has 0 atom stereocenters. The van der Waals surface area contributed by atoms with Crippen molar-refractivity contribution < 1.29 is 19.4 Å². The summed E-state index contributed by atoms with van der Waals surface area (Å²) in [4.78, 5) is 24.4. The van der Waals surface area contributed by atoms with Crippen molar-refractivity contribution in [3.05, 3.63) is 17.5 Å². The van der Waals surface area contributed by atoms with E-state index in [1.807, 2.05) is 13.8 Å². The van der Waals surface area contributed by atoms with Crippen LogP contribution < -0.4 is 0 Å². The van der Waals surface area contributed by atoms with Crippen LogP contribution in [0.1, 0.15) is 56.8 Å². The number of aromatic carboxylic acids is 1. The number of carboxylic acids is 1. The van der Waals surface area contributed by atoms with Crippen molar-refractivity contribution in [1.29, 1.82) is 0 Å². The highest BCUT2D eigenvalue weighted by Crippen LogP contribution is 2.14. The zero-order chi connectivity index (χ0) is 16.4. The highest BCUT2D eigenvalue weighted by Gasteiger charge is 2.22. The van der Waals surface area contributed by atoms with Gasteiger partial charge in [0.25, 0.3) is 0 Å². The Morgan fingerprint density at radius 1 is 1.43 bits per heavy atom. The minimum absolute atomic E-state index is 0.0725. The highest BCUT2D eigenvalue weighted by molar-refractivity contribution is 5.85. The first kappa shape index (κ1) is 17.0. The van der Waals surface area contributed by atoms with Gasteiger partial charge >= 0.3 is 12.1 Å². The number of rotatable bonds is 4. The van der Waals surface area contributed by atoms with Crippen molar-refractivity contribution in [3.63, 3.8) is 0 Å². The number of carboxylic acid groups (broad SMARTS) is 1. The van der Waals surface area contributed by atoms with Gasteiger partial charge in [-0.1, -0.05) is 0 Å². The molecule has 0 aliphatic carbocycles. The van der Waals surface area contributed by atoms with Gasteiger partial charge < -0.3 is 14.7 Å². The zero-order valence-electron chi connectivity index (χ0n) is 13.4. The maximum atomic E-state index is 11.9. The Bertz CT molecular complexity index is 529. The van der Waals surface area contributed by atoms with E-state index >= 15 is 0 Å². The van der Waals surface area contributed by atoms with Gasteiger partial charge in [-0.2, -0.15) is 5.10 Å². The first-order valence-electron chi connectivity index (χ1n) is 6.77. The van der Waals surface area contributed by atoms with Gasteiger partial charge in [0.05, 0.1) is 12.2 Å². The molecule has 0 saturated heterocycles. The molecule has 0 aromatic carbocycles. The SMILES string of the molecule is CC(C)n1nc(CN(C)C(=O)OC(C)(C)C)cc1C(=O)O. The van der Waals surface area contributed by atoms with Crippen molar-refractivity contribution in [1.82, 2.24) is 14.7 Å². The van der Waals surface area contributed by atoms with Crippen LogP contribution in [0.5, 0.6) is 0 Å². The van der Waals surface area contributed by atoms with Gasteiger partial charge in [0.15, 0.2) is 0 Å². The molecule has 0 fully saturated rings. The number of hydrogen-bond donors (Lipinski definition) is 1. The molecule has 1 amide bonds. The maximum Gasteiger partial charge on any atom is 0.410 e. The molecule has 0 aliphatic heterocycles. The Hall–Kier alpha value is -2.05. The average molecular weight is 297 g/mol. The summed E-state index contributed by atoms with van der Waals surface area (Å²) in [5.74, 6) is -1.04. The van der Waals surface area contributed by atoms with E-state index in [2.05, 4.69) is 5.10 Å². The maximum absolute atomic E-state index is 11.9. The van der Waals surface area contributed by atoms with E-state index < -0.39 is 17.7 Å². The first-order chi connectivity index (χ1) is 9.51. The van der Waals surface area contributed by atoms with Crippen LogP contribution in [0.15, 0.2) is 6.07 Å². The molecule has 0 aliphatic rings. The number of aromatic nitrogens is 2. The Kier molecular flexibility index (Phi) is 4.98. The van der Waals surface area contributed by atoms with Crippen molar-refractivity contribution in [3.8, 4) is 0 Å². The Balaban J connectivity index is 2.86. The molecule has 1 aromatic rings. The molecule has 1 aromatic heterocycles. The van der Waals surface area contributed by atoms with E-state index in [1.165, 1.54) is 15.6 Å². The summed E-state index contributed by atoms with van der Waals surface area (Å²) < 4.78 is 6.67. The van der Waals surface area contributed by atoms with Crippen LogP contribution >= 0.6 is 0 Å². The lowest BCUT2D eigenvalue weighted by molar-refractivity contribution is 0.0282. The van der Waals surface area contributed by atoms with Gasteiger partial charge in [0, 0.05) is 13.1 Å². The number of carbonyl (C=O) groups excluding carboxylic acids is 1. The summed E-state index contributed by atoms with van der Waals surface area (Å²) in [6.07, 6.45) is -0.474. The third-order valence-corrected chi connectivity index (χ3v) is 2.60. The van der Waals surface area contributed by atoms with Gasteiger partial charge in [-0.15, -0.1) is 0 Å². The van der Waals surface area contributed by atoms with Crippen molar-refractivity contribution in [2.24, 2.45) is 0 Å². The second-order valence-corrected chi connectivity index (χ2v) is 6.20. The summed E-state index contributed by atoms with van der Waals surface area (Å²) >= 11 is 0. The molecular weight excluding hydrogens is 274 g/mol. The van der Waals surface area contributed by atoms with E-state index in [0.717, 1.165) is 0 Å². The molecule has 0 radical (unpaired) electrons. The van der Waals surface area contributed by atoms with Crippen LogP contribution in [-0.2, 0) is 11.3 Å². The molecule has 0 unspecified atom stereocenters. The minimum atomic E-state index is -1.04. The zero-order valence-corrected chi connectivity index (χ0v) is 13.4. The second kappa shape index (κ2) is 6.15. The van der Waals surface area contributed by atoms with Gasteiger partial charge in [0.2, 0.25) is 0 Å². The van der Waals surface area contributed by atoms with E-state index in [4.69, 9.17) is 9.84 Å². The topological polar surface area (TPSA) is 84.7 Å². The Morgan fingerprint density at radius 2 is 2.00 bits per heavy atom. The van der Waals surface area contributed by atoms with Crippen LogP contribution in [0.3, 0.4) is 0 Å². The molecule has 0 bridgehead atoms. The fourth-order valence-electron chi connectivity index (χ4n) is 1.72. The van der Waals surface area contributed by atoms with Gasteiger partial charge in [-0.3, -0.25) is 4.68 Å². The molecule has 1 rings (SSSR count). The molecular formula is C14H23N3O4. The van der Waals surface area contributed by atoms with E-state index in [0.29, 0.717) is 5.69 Å². The number of hydrogen-bond acceptors (Lipinski definition) is 4. The van der Waals surface area contributed by atoms with Crippen LogP contribution in [0.25, 0.3) is 0 Å². The molecule has 1 heterocycles. The van der Waals surface area contributed by atoms with Crippen LogP contribution in [0.4, 0.5) is 4.79 Å². The van der Waals surface area contributed by atoms with Gasteiger partial charge in [-0.25, -0.2) is 9.59 Å². The quantitative estimate of drug-likeness (QED) is 0.923. The van der Waals surface area contributed by atoms with Crippen molar-refractivity contribution in [2.45, 2.75) is 52.8 Å². The van der Waals surface area contributed by atoms with E-state index in [1.54, 1.807) is 27.8 Å². The second-order valence-electron chi connectivity index (χ2n) is 6.20. The Morgan fingerprint density at radius 3 is 2.38 bits per heavy atom. The monoisotopic (exact) mass is 297 g/mol. The fourth-order valence-corrected chi connectivity index (χ4v) is 1.72. The molecule has 0 saturated carbocycles. The smallest absolute Gasteiger partial charge is 0.410 e. The van der Waals surface area contributed by atoms with Crippen LogP contribution in [0, 0.1) is 0 Å². The number of carbonyl (C=O) groups is 2. The summed E-state index contributed by atoms with van der Waals surface area (Å²) in [7, 11) is 1.59. The van der Waals surface area contributed by atoms with E-state index in [9.17, 15) is 9.59 Å². The fraction of sp³-hybridized carbons (Fsp3) is 0.643. The third kappa shape index (κ3) is 4.77. The summed E-state index contributed by atoms with van der Waals surface area (Å²) in [6.45, 7) is 9.24. The summed E-state index contributed by atoms with van der Waals surface area (Å²) in [5.41, 5.74) is 0.0431. The molecule has 118 valence electrons. The molecule has 21 heavy (non-hydrogen) atoms. The number of amides is 1. The predicted molar refractivity (Wildman–Crippen MR) is 77.3 cm³/mol. The van der Waals surface area contributed by atoms with Crippen LogP contribution in [-0.4, -0.2) is 44.5 Å². The lowest BCUT2D eigenvalue weighted by atomic mass is 10.2. The summed E-state index contributed by atoms with van der Waals surface area (Å²) in [6, 6.07) is 1.40. The van der Waals surface area contributed by atoms with Crippen molar-refractivity contribution >= 4 is 12.1 Å². The lowest BCUT2D eigenvalue weighted by Gasteiger charge is -2.24. The molecule has 0 spiro atoms. The van der Waals surface area contributed by atoms with E-state index in [-0.39, 0.29) is 18.3 Å². The Labute approximate surface area is 124 Å². The average Bonchev–Trinajstić information content (AvgIpc) is 2.70. The standard InChI is InChI=1S/C14H23N3O4/c1-9(2)17-11(12(18)19)7-10(15-17)8-16(6)13(20)21-14(3,4)5/h7,9H,8H2,1-6H3,(H,18,19). The first-order valence-corrected chi connectivity index (χ1v) is 6.77. The van der Waals surface area contributed by atoms with Crippen LogP contribution in [0.2, 0.25) is 0 Å². The van der Waals surface area contributed by atoms with Crippen molar-refractivity contribution in [2.75, 3.05) is 7.05 Å².